The number of hydrogen-bond acceptors (Lipinski definition) is 3. The van der Waals surface area contributed by atoms with E-state index >= 15 is 0 Å². The van der Waals surface area contributed by atoms with Crippen LogP contribution in [0.3, 0.4) is 0 Å². The largest absolute Gasteiger partial charge is 0.319 e. The van der Waals surface area contributed by atoms with Crippen molar-refractivity contribution in [1.29, 1.82) is 0 Å². The molecule has 1 aromatic rings. The molecular formula is C10H11N3. The van der Waals surface area contributed by atoms with Gasteiger partial charge in [-0.2, -0.15) is 10.2 Å². The molecule has 0 aliphatic heterocycles. The van der Waals surface area contributed by atoms with Gasteiger partial charge in [0.25, 0.3) is 0 Å². The highest BCUT2D eigenvalue weighted by Crippen LogP contribution is 2.17. The van der Waals surface area contributed by atoms with Gasteiger partial charge in [-0.05, 0) is 19.1 Å². The Kier molecular flexibility index (Phi) is 1.74. The fourth-order valence-electron chi connectivity index (χ4n) is 1.21. The molecule has 0 saturated heterocycles. The Labute approximate surface area is 77.0 Å². The Morgan fingerprint density at radius 1 is 1.31 bits per heavy atom. The number of nitrogens with zero attached hydrogens (tertiary/aromatic N) is 2. The van der Waals surface area contributed by atoms with E-state index in [1.807, 2.05) is 37.3 Å². The highest BCUT2D eigenvalue weighted by atomic mass is 15.1. The van der Waals surface area contributed by atoms with E-state index in [9.17, 15) is 0 Å². The molecule has 66 valence electrons. The van der Waals surface area contributed by atoms with Crippen molar-refractivity contribution in [2.45, 2.75) is 12.5 Å². The average molecular weight is 173 g/mol. The molecule has 0 amide bonds. The molecule has 1 aliphatic carbocycles. The third kappa shape index (κ3) is 1.65. The van der Waals surface area contributed by atoms with Gasteiger partial charge in [0.05, 0.1) is 17.4 Å². The molecule has 1 aromatic heterocycles. The second kappa shape index (κ2) is 2.78. The lowest BCUT2D eigenvalue weighted by Crippen LogP contribution is -2.29. The standard InChI is InChI=1S/C10H11N3/c1-10(11)5-2-8-4-7-12-13-9(8)3-6-10/h2-7H,11H2,1H3. The van der Waals surface area contributed by atoms with E-state index in [-0.39, 0.29) is 5.54 Å². The molecule has 1 atom stereocenters. The van der Waals surface area contributed by atoms with E-state index in [4.69, 9.17) is 5.73 Å². The summed E-state index contributed by atoms with van der Waals surface area (Å²) in [7, 11) is 0. The number of fused-ring (bicyclic) bond motifs is 1. The fourth-order valence-corrected chi connectivity index (χ4v) is 1.21. The molecule has 1 heterocycles. The topological polar surface area (TPSA) is 51.8 Å². The van der Waals surface area contributed by atoms with Crippen LogP contribution >= 0.6 is 0 Å². The first-order chi connectivity index (χ1) is 6.17. The van der Waals surface area contributed by atoms with E-state index in [0.29, 0.717) is 0 Å². The van der Waals surface area contributed by atoms with Gasteiger partial charge >= 0.3 is 0 Å². The summed E-state index contributed by atoms with van der Waals surface area (Å²) in [5.74, 6) is 0. The molecule has 13 heavy (non-hydrogen) atoms. The van der Waals surface area contributed by atoms with Crippen molar-refractivity contribution in [3.8, 4) is 0 Å². The fraction of sp³-hybridized carbons (Fsp3) is 0.200. The Hall–Kier alpha value is -1.48. The molecule has 0 fully saturated rings. The van der Waals surface area contributed by atoms with Crippen molar-refractivity contribution in [3.05, 3.63) is 35.7 Å². The minimum absolute atomic E-state index is 0.388. The summed E-state index contributed by atoms with van der Waals surface area (Å²) in [5, 5.41) is 7.81. The number of nitrogens with two attached hydrogens (primary N) is 1. The third-order valence-electron chi connectivity index (χ3n) is 2.00. The maximum atomic E-state index is 5.94. The third-order valence-corrected chi connectivity index (χ3v) is 2.00. The molecule has 2 rings (SSSR count). The molecule has 1 aliphatic rings. The van der Waals surface area contributed by atoms with Crippen LogP contribution in [0, 0.1) is 0 Å². The molecule has 0 saturated carbocycles. The number of rotatable bonds is 0. The van der Waals surface area contributed by atoms with Crippen LogP contribution < -0.4 is 5.73 Å². The van der Waals surface area contributed by atoms with Crippen molar-refractivity contribution in [2.24, 2.45) is 5.73 Å². The van der Waals surface area contributed by atoms with E-state index in [1.165, 1.54) is 0 Å². The first kappa shape index (κ1) is 8.13. The minimum atomic E-state index is -0.388. The van der Waals surface area contributed by atoms with Crippen molar-refractivity contribution >= 4 is 12.2 Å². The molecule has 0 spiro atoms. The van der Waals surface area contributed by atoms with E-state index in [1.54, 1.807) is 6.20 Å². The van der Waals surface area contributed by atoms with E-state index < -0.39 is 0 Å². The number of aromatic nitrogens is 2. The second-order valence-corrected chi connectivity index (χ2v) is 3.40. The quantitative estimate of drug-likeness (QED) is 0.642. The Bertz CT molecular complexity index is 343. The van der Waals surface area contributed by atoms with Crippen LogP contribution in [-0.2, 0) is 0 Å². The highest BCUT2D eigenvalue weighted by molar-refractivity contribution is 5.66. The molecule has 0 radical (unpaired) electrons. The zero-order chi connectivity index (χ0) is 9.31. The zero-order valence-electron chi connectivity index (χ0n) is 7.44. The first-order valence-corrected chi connectivity index (χ1v) is 4.16. The molecule has 0 aromatic carbocycles. The maximum absolute atomic E-state index is 5.94. The average Bonchev–Trinajstić information content (AvgIpc) is 2.27. The molecule has 1 unspecified atom stereocenters. The van der Waals surface area contributed by atoms with Crippen molar-refractivity contribution in [1.82, 2.24) is 10.2 Å². The van der Waals surface area contributed by atoms with Gasteiger partial charge in [0.1, 0.15) is 0 Å². The van der Waals surface area contributed by atoms with Gasteiger partial charge in [0, 0.05) is 5.56 Å². The number of hydrogen-bond donors (Lipinski definition) is 1. The first-order valence-electron chi connectivity index (χ1n) is 4.16. The van der Waals surface area contributed by atoms with Gasteiger partial charge in [-0.15, -0.1) is 0 Å². The van der Waals surface area contributed by atoms with E-state index in [2.05, 4.69) is 10.2 Å². The lowest BCUT2D eigenvalue weighted by molar-refractivity contribution is 0.743. The van der Waals surface area contributed by atoms with Crippen molar-refractivity contribution < 1.29 is 0 Å². The molecule has 3 nitrogen and oxygen atoms in total. The minimum Gasteiger partial charge on any atom is -0.319 e. The van der Waals surface area contributed by atoms with Gasteiger partial charge < -0.3 is 5.73 Å². The van der Waals surface area contributed by atoms with Crippen LogP contribution in [0.4, 0.5) is 0 Å². The van der Waals surface area contributed by atoms with Crippen LogP contribution in [0.2, 0.25) is 0 Å². The predicted molar refractivity (Wildman–Crippen MR) is 52.7 cm³/mol. The monoisotopic (exact) mass is 173 g/mol. The summed E-state index contributed by atoms with van der Waals surface area (Å²) in [6.45, 7) is 1.94. The van der Waals surface area contributed by atoms with Crippen molar-refractivity contribution in [2.75, 3.05) is 0 Å². The molecule has 3 heteroatoms. The van der Waals surface area contributed by atoms with Crippen LogP contribution in [0.1, 0.15) is 18.2 Å². The summed E-state index contributed by atoms with van der Waals surface area (Å²) in [4.78, 5) is 0. The van der Waals surface area contributed by atoms with Gasteiger partial charge in [-0.1, -0.05) is 18.2 Å². The Morgan fingerprint density at radius 2 is 2.08 bits per heavy atom. The molecular weight excluding hydrogens is 162 g/mol. The summed E-state index contributed by atoms with van der Waals surface area (Å²) < 4.78 is 0. The molecule has 2 N–H and O–H groups in total. The molecule has 0 bridgehead atoms. The van der Waals surface area contributed by atoms with Gasteiger partial charge in [0.15, 0.2) is 0 Å². The highest BCUT2D eigenvalue weighted by Gasteiger charge is 2.12. The SMILES string of the molecule is CC1(N)C=Cc2ccnnc2C=C1. The van der Waals surface area contributed by atoms with Crippen LogP contribution in [0.5, 0.6) is 0 Å². The summed E-state index contributed by atoms with van der Waals surface area (Å²) in [6, 6.07) is 1.92. The normalized spacial score (nSPS) is 25.4. The van der Waals surface area contributed by atoms with Gasteiger partial charge in [-0.25, -0.2) is 0 Å². The van der Waals surface area contributed by atoms with Crippen molar-refractivity contribution in [3.63, 3.8) is 0 Å². The van der Waals surface area contributed by atoms with Crippen LogP contribution in [-0.4, -0.2) is 15.7 Å². The lowest BCUT2D eigenvalue weighted by atomic mass is 10.0. The van der Waals surface area contributed by atoms with Crippen LogP contribution in [0.15, 0.2) is 24.4 Å². The van der Waals surface area contributed by atoms with Gasteiger partial charge in [-0.3, -0.25) is 0 Å². The van der Waals surface area contributed by atoms with Gasteiger partial charge in [0.2, 0.25) is 0 Å². The Morgan fingerprint density at radius 3 is 2.92 bits per heavy atom. The Balaban J connectivity index is 2.53. The lowest BCUT2D eigenvalue weighted by Gasteiger charge is -2.12. The summed E-state index contributed by atoms with van der Waals surface area (Å²) in [5.41, 5.74) is 7.47. The predicted octanol–water partition coefficient (Wildman–Crippen LogP) is 1.23. The summed E-state index contributed by atoms with van der Waals surface area (Å²) in [6.07, 6.45) is 9.43. The summed E-state index contributed by atoms with van der Waals surface area (Å²) >= 11 is 0. The zero-order valence-corrected chi connectivity index (χ0v) is 7.44. The maximum Gasteiger partial charge on any atom is 0.0927 e. The smallest absolute Gasteiger partial charge is 0.0927 e. The second-order valence-electron chi connectivity index (χ2n) is 3.40. The van der Waals surface area contributed by atoms with E-state index in [0.717, 1.165) is 11.3 Å². The van der Waals surface area contributed by atoms with Crippen LogP contribution in [0.25, 0.3) is 12.2 Å².